The molecule has 0 aromatic heterocycles. The summed E-state index contributed by atoms with van der Waals surface area (Å²) in [7, 11) is 0. The molecule has 0 saturated carbocycles. The van der Waals surface area contributed by atoms with Gasteiger partial charge >= 0.3 is 0 Å². The summed E-state index contributed by atoms with van der Waals surface area (Å²) in [5, 5.41) is 2.90. The molecule has 0 atom stereocenters. The van der Waals surface area contributed by atoms with Crippen molar-refractivity contribution in [1.82, 2.24) is 4.90 Å². The van der Waals surface area contributed by atoms with Crippen molar-refractivity contribution < 1.29 is 4.79 Å². The molecule has 98 valence electrons. The number of nitrogens with two attached hydrogens (primary N) is 1. The van der Waals surface area contributed by atoms with Crippen LogP contribution in [0.3, 0.4) is 0 Å². The number of carbonyl (C=O) groups excluding carboxylic acids is 1. The standard InChI is InChI=1S/C13H18BrN3O/c14-11-8-10(15)4-5-12(11)16-13(18)9-17-6-2-1-3-7-17/h4-5,8H,1-3,6-7,9,15H2,(H,16,18). The normalized spacial score (nSPS) is 16.5. The molecule has 1 saturated heterocycles. The van der Waals surface area contributed by atoms with E-state index in [1.165, 1.54) is 19.3 Å². The summed E-state index contributed by atoms with van der Waals surface area (Å²) < 4.78 is 0.814. The number of nitrogen functional groups attached to an aromatic ring is 1. The van der Waals surface area contributed by atoms with E-state index in [0.717, 1.165) is 23.2 Å². The van der Waals surface area contributed by atoms with Crippen molar-refractivity contribution in [3.63, 3.8) is 0 Å². The van der Waals surface area contributed by atoms with Crippen LogP contribution in [0.25, 0.3) is 0 Å². The summed E-state index contributed by atoms with van der Waals surface area (Å²) in [5.41, 5.74) is 7.10. The van der Waals surface area contributed by atoms with Crippen molar-refractivity contribution in [2.24, 2.45) is 0 Å². The zero-order valence-electron chi connectivity index (χ0n) is 10.3. The van der Waals surface area contributed by atoms with E-state index in [1.807, 2.05) is 6.07 Å². The average Bonchev–Trinajstić information content (AvgIpc) is 2.34. The largest absolute Gasteiger partial charge is 0.399 e. The van der Waals surface area contributed by atoms with E-state index in [4.69, 9.17) is 5.73 Å². The maximum atomic E-state index is 11.9. The highest BCUT2D eigenvalue weighted by molar-refractivity contribution is 9.10. The lowest BCUT2D eigenvalue weighted by molar-refractivity contribution is -0.117. The molecule has 1 aliphatic rings. The summed E-state index contributed by atoms with van der Waals surface area (Å²) in [4.78, 5) is 14.1. The van der Waals surface area contributed by atoms with Gasteiger partial charge in [-0.15, -0.1) is 0 Å². The highest BCUT2D eigenvalue weighted by Gasteiger charge is 2.14. The SMILES string of the molecule is Nc1ccc(NC(=O)CN2CCCCC2)c(Br)c1. The summed E-state index contributed by atoms with van der Waals surface area (Å²) >= 11 is 3.39. The minimum absolute atomic E-state index is 0.0300. The van der Waals surface area contributed by atoms with Gasteiger partial charge in [0.15, 0.2) is 0 Å². The molecular weight excluding hydrogens is 294 g/mol. The first-order chi connectivity index (χ1) is 8.65. The maximum absolute atomic E-state index is 11.9. The molecule has 18 heavy (non-hydrogen) atoms. The first kappa shape index (κ1) is 13.4. The van der Waals surface area contributed by atoms with E-state index in [-0.39, 0.29) is 5.91 Å². The second-order valence-corrected chi connectivity index (χ2v) is 5.48. The Balaban J connectivity index is 1.90. The minimum Gasteiger partial charge on any atom is -0.399 e. The van der Waals surface area contributed by atoms with E-state index < -0.39 is 0 Å². The van der Waals surface area contributed by atoms with Gasteiger partial charge in [-0.25, -0.2) is 0 Å². The Morgan fingerprint density at radius 2 is 2.06 bits per heavy atom. The Kier molecular flexibility index (Phi) is 4.60. The van der Waals surface area contributed by atoms with Gasteiger partial charge < -0.3 is 11.1 Å². The number of piperidine rings is 1. The second-order valence-electron chi connectivity index (χ2n) is 4.62. The average molecular weight is 312 g/mol. The number of carbonyl (C=O) groups is 1. The molecule has 0 unspecified atom stereocenters. The monoisotopic (exact) mass is 311 g/mol. The van der Waals surface area contributed by atoms with E-state index in [1.54, 1.807) is 12.1 Å². The number of benzene rings is 1. The molecule has 1 aliphatic heterocycles. The lowest BCUT2D eigenvalue weighted by Crippen LogP contribution is -2.36. The maximum Gasteiger partial charge on any atom is 0.238 e. The molecule has 5 heteroatoms. The molecule has 0 aliphatic carbocycles. The molecule has 0 spiro atoms. The van der Waals surface area contributed by atoms with E-state index in [9.17, 15) is 4.79 Å². The number of nitrogens with zero attached hydrogens (tertiary/aromatic N) is 1. The third-order valence-corrected chi connectivity index (χ3v) is 3.74. The number of amides is 1. The van der Waals surface area contributed by atoms with Gasteiger partial charge in [-0.05, 0) is 60.1 Å². The van der Waals surface area contributed by atoms with Crippen LogP contribution in [0.2, 0.25) is 0 Å². The first-order valence-corrected chi connectivity index (χ1v) is 7.02. The van der Waals surface area contributed by atoms with Gasteiger partial charge in [-0.3, -0.25) is 9.69 Å². The van der Waals surface area contributed by atoms with Gasteiger partial charge in [-0.2, -0.15) is 0 Å². The van der Waals surface area contributed by atoms with Crippen molar-refractivity contribution in [3.8, 4) is 0 Å². The van der Waals surface area contributed by atoms with Crippen LogP contribution in [0, 0.1) is 0 Å². The van der Waals surface area contributed by atoms with E-state index in [2.05, 4.69) is 26.1 Å². The molecule has 4 nitrogen and oxygen atoms in total. The van der Waals surface area contributed by atoms with Crippen molar-refractivity contribution in [2.45, 2.75) is 19.3 Å². The predicted molar refractivity (Wildman–Crippen MR) is 77.5 cm³/mol. The van der Waals surface area contributed by atoms with Crippen LogP contribution in [0.15, 0.2) is 22.7 Å². The number of nitrogens with one attached hydrogen (secondary N) is 1. The fourth-order valence-corrected chi connectivity index (χ4v) is 2.64. The fourth-order valence-electron chi connectivity index (χ4n) is 2.14. The van der Waals surface area contributed by atoms with Crippen LogP contribution >= 0.6 is 15.9 Å². The topological polar surface area (TPSA) is 58.4 Å². The zero-order chi connectivity index (χ0) is 13.0. The molecule has 1 aromatic carbocycles. The Morgan fingerprint density at radius 1 is 1.33 bits per heavy atom. The molecule has 1 amide bonds. The predicted octanol–water partition coefficient (Wildman–Crippen LogP) is 2.46. The van der Waals surface area contributed by atoms with Gasteiger partial charge in [0.05, 0.1) is 12.2 Å². The Hall–Kier alpha value is -1.07. The van der Waals surface area contributed by atoms with Crippen LogP contribution in [0.4, 0.5) is 11.4 Å². The van der Waals surface area contributed by atoms with Gasteiger partial charge in [-0.1, -0.05) is 6.42 Å². The van der Waals surface area contributed by atoms with Crippen LogP contribution < -0.4 is 11.1 Å². The van der Waals surface area contributed by atoms with Crippen molar-refractivity contribution in [1.29, 1.82) is 0 Å². The molecule has 1 aromatic rings. The van der Waals surface area contributed by atoms with Crippen LogP contribution in [0.5, 0.6) is 0 Å². The third-order valence-electron chi connectivity index (χ3n) is 3.08. The number of halogens is 1. The highest BCUT2D eigenvalue weighted by atomic mass is 79.9. The number of hydrogen-bond donors (Lipinski definition) is 2. The highest BCUT2D eigenvalue weighted by Crippen LogP contribution is 2.24. The number of anilines is 2. The van der Waals surface area contributed by atoms with Crippen LogP contribution in [-0.2, 0) is 4.79 Å². The smallest absolute Gasteiger partial charge is 0.238 e. The van der Waals surface area contributed by atoms with Crippen molar-refractivity contribution in [3.05, 3.63) is 22.7 Å². The molecule has 0 radical (unpaired) electrons. The van der Waals surface area contributed by atoms with Crippen LogP contribution in [-0.4, -0.2) is 30.4 Å². The van der Waals surface area contributed by atoms with E-state index in [0.29, 0.717) is 12.2 Å². The van der Waals surface area contributed by atoms with Crippen LogP contribution in [0.1, 0.15) is 19.3 Å². The summed E-state index contributed by atoms with van der Waals surface area (Å²) in [5.74, 6) is 0.0300. The summed E-state index contributed by atoms with van der Waals surface area (Å²) in [6.07, 6.45) is 3.67. The van der Waals surface area contributed by atoms with Crippen molar-refractivity contribution in [2.75, 3.05) is 30.7 Å². The zero-order valence-corrected chi connectivity index (χ0v) is 11.9. The molecule has 0 bridgehead atoms. The number of hydrogen-bond acceptors (Lipinski definition) is 3. The Morgan fingerprint density at radius 3 is 2.72 bits per heavy atom. The third kappa shape index (κ3) is 3.71. The Bertz CT molecular complexity index is 430. The van der Waals surface area contributed by atoms with Gasteiger partial charge in [0.25, 0.3) is 0 Å². The molecule has 1 fully saturated rings. The van der Waals surface area contributed by atoms with Gasteiger partial charge in [0.1, 0.15) is 0 Å². The number of likely N-dealkylation sites (tertiary alicyclic amines) is 1. The first-order valence-electron chi connectivity index (χ1n) is 6.22. The lowest BCUT2D eigenvalue weighted by atomic mass is 10.1. The van der Waals surface area contributed by atoms with Gasteiger partial charge in [0, 0.05) is 10.2 Å². The fraction of sp³-hybridized carbons (Fsp3) is 0.462. The number of rotatable bonds is 3. The molecule has 1 heterocycles. The molecular formula is C13H18BrN3O. The summed E-state index contributed by atoms with van der Waals surface area (Å²) in [6.45, 7) is 2.52. The molecule has 2 rings (SSSR count). The van der Waals surface area contributed by atoms with Crippen molar-refractivity contribution >= 4 is 33.2 Å². The lowest BCUT2D eigenvalue weighted by Gasteiger charge is -2.25. The van der Waals surface area contributed by atoms with Gasteiger partial charge in [0.2, 0.25) is 5.91 Å². The quantitative estimate of drug-likeness (QED) is 0.843. The second kappa shape index (κ2) is 6.20. The minimum atomic E-state index is 0.0300. The Labute approximate surface area is 116 Å². The molecule has 3 N–H and O–H groups in total. The summed E-state index contributed by atoms with van der Waals surface area (Å²) in [6, 6.07) is 5.38. The van der Waals surface area contributed by atoms with E-state index >= 15 is 0 Å².